The number of benzene rings is 2. The maximum absolute atomic E-state index is 15.3. The fraction of sp³-hybridized carbons (Fsp3) is 0.833. The van der Waals surface area contributed by atoms with Gasteiger partial charge in [0.15, 0.2) is 56.1 Å². The van der Waals surface area contributed by atoms with Crippen molar-refractivity contribution in [1.29, 1.82) is 0 Å². The van der Waals surface area contributed by atoms with E-state index in [-0.39, 0.29) is 183 Å². The Morgan fingerprint density at radius 1 is 0.344 bits per heavy atom. The number of hydrogen-bond acceptors (Lipinski definition) is 34. The van der Waals surface area contributed by atoms with Crippen molar-refractivity contribution >= 4 is 43.5 Å². The summed E-state index contributed by atoms with van der Waals surface area (Å²) < 4.78 is 214. The highest BCUT2D eigenvalue weighted by atomic mass is 32.2. The molecule has 0 spiro atoms. The average Bonchev–Trinajstić information content (AvgIpc) is 1.59. The van der Waals surface area contributed by atoms with Crippen molar-refractivity contribution < 1.29 is 150 Å². The second kappa shape index (κ2) is 38.4. The van der Waals surface area contributed by atoms with Crippen LogP contribution >= 0.6 is 0 Å². The molecule has 0 saturated carbocycles. The molecule has 0 aliphatic carbocycles. The summed E-state index contributed by atoms with van der Waals surface area (Å²) in [6.45, 7) is 27.4. The Morgan fingerprint density at radius 3 is 0.852 bits per heavy atom. The lowest BCUT2D eigenvalue weighted by molar-refractivity contribution is -0.388. The second-order valence-electron chi connectivity index (χ2n) is 37.7. The zero-order chi connectivity index (χ0) is 92.1. The first-order chi connectivity index (χ1) is 60.1. The van der Waals surface area contributed by atoms with Gasteiger partial charge in [-0.05, 0) is 174 Å². The number of nitro benzene ring substituents is 2. The molecule has 44 heteroatoms. The Bertz CT molecular complexity index is 4180. The number of fused-ring (bicyclic) bond motifs is 4. The number of carbonyl (C=O) groups is 2. The molecular weight excluding hydrogens is 1730 g/mol. The lowest BCUT2D eigenvalue weighted by Gasteiger charge is -2.38. The number of carbonyl (C=O) groups excluding carboxylic acids is 2. The Morgan fingerprint density at radius 2 is 0.602 bits per heavy atom. The van der Waals surface area contributed by atoms with Crippen LogP contribution in [0.25, 0.3) is 0 Å². The van der Waals surface area contributed by atoms with Crippen molar-refractivity contribution in [3.63, 3.8) is 0 Å². The Kier molecular flexibility index (Phi) is 29.6. The van der Waals surface area contributed by atoms with Crippen molar-refractivity contribution in [3.8, 4) is 0 Å². The van der Waals surface area contributed by atoms with E-state index in [4.69, 9.17) is 114 Å². The summed E-state index contributed by atoms with van der Waals surface area (Å²) in [5.41, 5.74) is -1.33. The number of nitrogens with zero attached hydrogens (tertiary/aromatic N) is 6. The van der Waals surface area contributed by atoms with E-state index in [1.54, 1.807) is 111 Å². The number of urea groups is 2. The maximum atomic E-state index is 15.3. The highest BCUT2D eigenvalue weighted by molar-refractivity contribution is 7.89. The molecule has 2 aromatic rings. The Labute approximate surface area is 747 Å². The zero-order valence-corrected chi connectivity index (χ0v) is 77.8. The number of nitrogens with one attached hydrogen (secondary N) is 2. The molecule has 12 saturated heterocycles. The molecule has 0 bridgehead atoms. The average molecular weight is 1860 g/mol. The number of rotatable bonds is 43. The summed E-state index contributed by atoms with van der Waals surface area (Å²) in [6, 6.07) is 8.57. The van der Waals surface area contributed by atoms with E-state index in [1.165, 1.54) is 34.1 Å². The lowest BCUT2D eigenvalue weighted by Crippen LogP contribution is -2.56. The summed E-state index contributed by atoms with van der Waals surface area (Å²) in [6.07, 6.45) is -6.02. The molecule has 12 fully saturated rings. The normalized spacial score (nSPS) is 33.5. The van der Waals surface area contributed by atoms with Gasteiger partial charge < -0.3 is 134 Å². The smallest absolute Gasteiger partial charge is 0.317 e. The fourth-order valence-electron chi connectivity index (χ4n) is 18.7. The largest absolute Gasteiger partial charge is 0.348 e. The molecule has 0 unspecified atom stereocenters. The number of hydrogen-bond donors (Lipinski definition) is 2. The summed E-state index contributed by atoms with van der Waals surface area (Å²) in [7, 11) is -9.40. The molecule has 42 nitrogen and oxygen atoms in total. The van der Waals surface area contributed by atoms with Crippen LogP contribution in [0.1, 0.15) is 162 Å². The maximum Gasteiger partial charge on any atom is 0.317 e. The van der Waals surface area contributed by atoms with Gasteiger partial charge in [-0.25, -0.2) is 26.4 Å². The van der Waals surface area contributed by atoms with Crippen molar-refractivity contribution in [1.82, 2.24) is 29.0 Å². The first kappa shape index (κ1) is 98.6. The topological polar surface area (TPSA) is 447 Å². The first-order valence-corrected chi connectivity index (χ1v) is 47.3. The summed E-state index contributed by atoms with van der Waals surface area (Å²) in [4.78, 5) is 56.0. The highest BCUT2D eigenvalue weighted by Crippen LogP contribution is 2.52. The van der Waals surface area contributed by atoms with Crippen LogP contribution in [0, 0.1) is 20.2 Å². The predicted molar refractivity (Wildman–Crippen MR) is 444 cm³/mol. The van der Waals surface area contributed by atoms with E-state index < -0.39 is 206 Å². The minimum absolute atomic E-state index is 0.00345. The number of nitro groups is 2. The third kappa shape index (κ3) is 21.8. The SMILES string of the molecule is CC1(C)O[C@H]2CO[C@](OCCCCN(CCN(CCCCO[C@]3([C@H]4COC(C)(C)O4)OC[C@@H]4OC(C)(C)O[C@H]43)C(=O)NCCN(CCCCO[C@]3([C@H]4COC(C)(C)O4)OC[C@@H]4OC(C)(C)O[C@H]43)S(=O)(=O)c3ccccc3[N+](=O)[O-])C(=O)NCCN(CCCCO[C@]3([C@H]4COC(C)(C)O4)OC[C@@H]4OC(C)(C)O[C@H]43)S(=O)(=O)c3ccccc3[N+](=O)[O-])([C@H]3COC(C)(C)O3)[C@@H]2O1. The predicted octanol–water partition coefficient (Wildman–Crippen LogP) is 6.99. The van der Waals surface area contributed by atoms with E-state index in [0.29, 0.717) is 12.8 Å². The van der Waals surface area contributed by atoms with Crippen LogP contribution in [0.3, 0.4) is 0 Å². The number of para-hydroxylation sites is 2. The molecule has 12 aliphatic rings. The number of ether oxygens (including phenoxy) is 24. The summed E-state index contributed by atoms with van der Waals surface area (Å²) >= 11 is 0. The van der Waals surface area contributed by atoms with Crippen molar-refractivity contribution in [2.75, 3.05) is 145 Å². The van der Waals surface area contributed by atoms with Gasteiger partial charge in [-0.2, -0.15) is 8.61 Å². The quantitative estimate of drug-likeness (QED) is 0.0383. The van der Waals surface area contributed by atoms with E-state index in [2.05, 4.69) is 10.6 Å². The van der Waals surface area contributed by atoms with Gasteiger partial charge in [-0.1, -0.05) is 24.3 Å². The summed E-state index contributed by atoms with van der Waals surface area (Å²) in [5, 5.41) is 31.0. The van der Waals surface area contributed by atoms with E-state index >= 15 is 26.4 Å². The fourth-order valence-corrected chi connectivity index (χ4v) is 22.0. The van der Waals surface area contributed by atoms with E-state index in [0.717, 1.165) is 32.9 Å². The molecule has 12 aliphatic heterocycles. The molecule has 2 aromatic carbocycles. The molecule has 14 rings (SSSR count). The van der Waals surface area contributed by atoms with Crippen LogP contribution in [-0.2, 0) is 134 Å². The molecule has 12 heterocycles. The minimum atomic E-state index is -4.70. The van der Waals surface area contributed by atoms with Gasteiger partial charge >= 0.3 is 12.1 Å². The van der Waals surface area contributed by atoms with Crippen LogP contribution in [0.5, 0.6) is 0 Å². The molecule has 0 radical (unpaired) electrons. The summed E-state index contributed by atoms with van der Waals surface area (Å²) in [5.74, 6) is -13.8. The Balaban J connectivity index is 0.706. The molecule has 4 amide bonds. The second-order valence-corrected chi connectivity index (χ2v) is 41.5. The minimum Gasteiger partial charge on any atom is -0.348 e. The van der Waals surface area contributed by atoms with Crippen LogP contribution in [-0.4, -0.2) is 345 Å². The van der Waals surface area contributed by atoms with Crippen molar-refractivity contribution in [2.45, 2.75) is 315 Å². The third-order valence-electron chi connectivity index (χ3n) is 24.5. The van der Waals surface area contributed by atoms with Crippen molar-refractivity contribution in [3.05, 3.63) is 68.8 Å². The van der Waals surface area contributed by atoms with Crippen LogP contribution in [0.15, 0.2) is 58.3 Å². The lowest BCUT2D eigenvalue weighted by atomic mass is 10.0. The third-order valence-corrected chi connectivity index (χ3v) is 28.3. The molecular formula is C84H130N8O34S2. The highest BCUT2D eigenvalue weighted by Gasteiger charge is 2.70. The van der Waals surface area contributed by atoms with Crippen LogP contribution < -0.4 is 10.6 Å². The van der Waals surface area contributed by atoms with Gasteiger partial charge in [0.25, 0.3) is 11.4 Å². The standard InChI is InChI=1S/C84H130N8O34S2/c1-73(2)107-51-63(119-73)81(67-57(47-111-81)115-77(9,10)123-67)103-43-25-21-35-87(71(93)85-33-39-89(127(99,100)61-31-19-17-29-55(61)91(95)96)37-23-27-45-105-83(65-53-109-75(5,6)121-65)69-59(49-113-83)117-79(13,14)125-69)41-42-88(36-22-26-44-104-82(64-52-108-74(3,4)120-64)68-58(48-112-82)116-78(11,12)124-68)72(94)86-34-40-90(128(101,102)62-32-20-18-30-56(62)92(97)98)38-24-28-46-106-84(66-54-110-76(7,8)122-66)70-60(50-114-84)118-80(15,16)126-70/h17-20,29-32,57-60,63-70H,21-28,33-54H2,1-16H3,(H,85,93)(H,86,94)/t57-,58-,59-,60-,63+,64+,65+,66+,67+,68+,69+,70+,81+,82+,83+,84+/m0/s1. The number of unbranched alkanes of at least 4 members (excludes halogenated alkanes) is 4. The molecule has 0 aromatic heterocycles. The van der Waals surface area contributed by atoms with E-state index in [1.807, 2.05) is 0 Å². The van der Waals surface area contributed by atoms with Crippen molar-refractivity contribution in [2.24, 2.45) is 0 Å². The van der Waals surface area contributed by atoms with Gasteiger partial charge in [0.1, 0.15) is 73.2 Å². The van der Waals surface area contributed by atoms with E-state index in [9.17, 15) is 20.2 Å². The number of amides is 4. The van der Waals surface area contributed by atoms with Crippen LogP contribution in [0.4, 0.5) is 21.0 Å². The number of sulfonamides is 2. The monoisotopic (exact) mass is 1860 g/mol. The zero-order valence-electron chi connectivity index (χ0n) is 76.1. The molecule has 128 heavy (non-hydrogen) atoms. The first-order valence-electron chi connectivity index (χ1n) is 44.5. The van der Waals surface area contributed by atoms with Gasteiger partial charge in [0, 0.05) is 77.6 Å². The van der Waals surface area contributed by atoms with Crippen LogP contribution in [0.2, 0.25) is 0 Å². The van der Waals surface area contributed by atoms with Gasteiger partial charge in [-0.15, -0.1) is 0 Å². The van der Waals surface area contributed by atoms with Gasteiger partial charge in [-0.3, -0.25) is 20.2 Å². The molecule has 722 valence electrons. The Hall–Kier alpha value is -5.36. The van der Waals surface area contributed by atoms with Gasteiger partial charge in [0.05, 0.1) is 89.1 Å². The molecule has 16 atom stereocenters. The molecule has 2 N–H and O–H groups in total. The van der Waals surface area contributed by atoms with Gasteiger partial charge in [0.2, 0.25) is 43.2 Å².